The van der Waals surface area contributed by atoms with Crippen LogP contribution in [0.3, 0.4) is 0 Å². The molecule has 1 heterocycles. The van der Waals surface area contributed by atoms with E-state index in [2.05, 4.69) is 20.6 Å². The topological polar surface area (TPSA) is 87.1 Å². The lowest BCUT2D eigenvalue weighted by Gasteiger charge is -2.20. The number of carbonyl (C=O) groups excluding carboxylic acids is 1. The minimum Gasteiger partial charge on any atom is -0.396 e. The molecule has 112 valence electrons. The maximum atomic E-state index is 11.8. The molecule has 0 aliphatic heterocycles. The number of nitrogens with zero attached hydrogens (tertiary/aromatic N) is 2. The number of nitrogens with one attached hydrogen (secondary N) is 2. The maximum absolute atomic E-state index is 11.8. The summed E-state index contributed by atoms with van der Waals surface area (Å²) in [4.78, 5) is 20.2. The average molecular weight is 280 g/mol. The number of urea groups is 1. The molecule has 0 fully saturated rings. The summed E-state index contributed by atoms with van der Waals surface area (Å²) in [5, 5.41) is 14.5. The standard InChI is InChI=1S/C14H24N4O2/c1-9(8-19)10(2)17-13(20)18-11-6-15-12(16-7-11)14(3,4)5/h6-7,9-10,19H,8H2,1-5H3,(H2,17,18,20)/t9-,10+/m1/s1. The molecule has 0 aliphatic rings. The Kier molecular flexibility index (Phi) is 5.44. The molecular weight excluding hydrogens is 256 g/mol. The van der Waals surface area contributed by atoms with E-state index in [0.717, 1.165) is 5.82 Å². The highest BCUT2D eigenvalue weighted by Gasteiger charge is 2.17. The van der Waals surface area contributed by atoms with E-state index in [1.54, 1.807) is 12.4 Å². The quantitative estimate of drug-likeness (QED) is 0.786. The number of hydrogen-bond donors (Lipinski definition) is 3. The molecule has 0 aromatic carbocycles. The van der Waals surface area contributed by atoms with Gasteiger partial charge in [-0.1, -0.05) is 27.7 Å². The molecule has 0 radical (unpaired) electrons. The molecule has 6 heteroatoms. The van der Waals surface area contributed by atoms with Gasteiger partial charge in [0, 0.05) is 18.1 Å². The molecule has 2 amide bonds. The second kappa shape index (κ2) is 6.65. The van der Waals surface area contributed by atoms with Crippen LogP contribution in [0, 0.1) is 5.92 Å². The smallest absolute Gasteiger partial charge is 0.319 e. The summed E-state index contributed by atoms with van der Waals surface area (Å²) in [6.07, 6.45) is 3.18. The Morgan fingerprint density at radius 2 is 1.85 bits per heavy atom. The molecule has 0 aliphatic carbocycles. The average Bonchev–Trinajstić information content (AvgIpc) is 2.37. The van der Waals surface area contributed by atoms with E-state index in [1.165, 1.54) is 0 Å². The van der Waals surface area contributed by atoms with E-state index in [-0.39, 0.29) is 30.0 Å². The van der Waals surface area contributed by atoms with Crippen molar-refractivity contribution >= 4 is 11.7 Å². The van der Waals surface area contributed by atoms with Gasteiger partial charge in [-0.3, -0.25) is 0 Å². The largest absolute Gasteiger partial charge is 0.396 e. The van der Waals surface area contributed by atoms with E-state index < -0.39 is 0 Å². The molecule has 6 nitrogen and oxygen atoms in total. The Bertz CT molecular complexity index is 439. The number of aliphatic hydroxyl groups excluding tert-OH is 1. The van der Waals surface area contributed by atoms with Crippen LogP contribution in [0.1, 0.15) is 40.4 Å². The van der Waals surface area contributed by atoms with Crippen LogP contribution in [-0.2, 0) is 5.41 Å². The molecular formula is C14H24N4O2. The summed E-state index contributed by atoms with van der Waals surface area (Å²) < 4.78 is 0. The van der Waals surface area contributed by atoms with Crippen molar-refractivity contribution in [2.24, 2.45) is 5.92 Å². The summed E-state index contributed by atoms with van der Waals surface area (Å²) in [7, 11) is 0. The van der Waals surface area contributed by atoms with Gasteiger partial charge in [-0.05, 0) is 12.8 Å². The van der Waals surface area contributed by atoms with E-state index >= 15 is 0 Å². The van der Waals surface area contributed by atoms with Crippen LogP contribution in [0.25, 0.3) is 0 Å². The fourth-order valence-corrected chi connectivity index (χ4v) is 1.45. The molecule has 0 unspecified atom stereocenters. The lowest BCUT2D eigenvalue weighted by molar-refractivity contribution is 0.204. The van der Waals surface area contributed by atoms with Crippen LogP contribution in [-0.4, -0.2) is 33.8 Å². The maximum Gasteiger partial charge on any atom is 0.319 e. The van der Waals surface area contributed by atoms with Gasteiger partial charge < -0.3 is 15.7 Å². The van der Waals surface area contributed by atoms with Gasteiger partial charge in [0.15, 0.2) is 0 Å². The van der Waals surface area contributed by atoms with Crippen molar-refractivity contribution in [1.29, 1.82) is 0 Å². The van der Waals surface area contributed by atoms with Crippen molar-refractivity contribution in [3.8, 4) is 0 Å². The molecule has 1 aromatic rings. The molecule has 0 saturated carbocycles. The van der Waals surface area contributed by atoms with Gasteiger partial charge in [0.2, 0.25) is 0 Å². The third kappa shape index (κ3) is 4.77. The predicted octanol–water partition coefficient (Wildman–Crippen LogP) is 1.91. The first-order chi connectivity index (χ1) is 9.24. The van der Waals surface area contributed by atoms with Gasteiger partial charge >= 0.3 is 6.03 Å². The van der Waals surface area contributed by atoms with Crippen LogP contribution in [0.2, 0.25) is 0 Å². The van der Waals surface area contributed by atoms with Crippen LogP contribution in [0.5, 0.6) is 0 Å². The number of anilines is 1. The van der Waals surface area contributed by atoms with Crippen molar-refractivity contribution in [3.05, 3.63) is 18.2 Å². The third-order valence-corrected chi connectivity index (χ3v) is 3.08. The fraction of sp³-hybridized carbons (Fsp3) is 0.643. The SMILES string of the molecule is C[C@H](CO)[C@H](C)NC(=O)Nc1cnc(C(C)(C)C)nc1. The van der Waals surface area contributed by atoms with E-state index in [0.29, 0.717) is 5.69 Å². The molecule has 1 rings (SSSR count). The van der Waals surface area contributed by atoms with Crippen molar-refractivity contribution in [2.75, 3.05) is 11.9 Å². The Labute approximate surface area is 120 Å². The number of rotatable bonds is 4. The molecule has 2 atom stereocenters. The number of carbonyl (C=O) groups is 1. The molecule has 0 spiro atoms. The van der Waals surface area contributed by atoms with Gasteiger partial charge in [-0.2, -0.15) is 0 Å². The normalized spacial score (nSPS) is 14.5. The van der Waals surface area contributed by atoms with Gasteiger partial charge in [0.25, 0.3) is 0 Å². The molecule has 3 N–H and O–H groups in total. The molecule has 0 saturated heterocycles. The van der Waals surface area contributed by atoms with E-state index in [1.807, 2.05) is 34.6 Å². The lowest BCUT2D eigenvalue weighted by atomic mass is 9.96. The molecule has 20 heavy (non-hydrogen) atoms. The van der Waals surface area contributed by atoms with Gasteiger partial charge in [0.05, 0.1) is 18.1 Å². The number of aliphatic hydroxyl groups is 1. The number of aromatic nitrogens is 2. The van der Waals surface area contributed by atoms with Gasteiger partial charge in [-0.15, -0.1) is 0 Å². The lowest BCUT2D eigenvalue weighted by Crippen LogP contribution is -2.40. The minimum absolute atomic E-state index is 0.000247. The van der Waals surface area contributed by atoms with Gasteiger partial charge in [-0.25, -0.2) is 14.8 Å². The Balaban J connectivity index is 2.59. The first-order valence-electron chi connectivity index (χ1n) is 6.75. The summed E-state index contributed by atoms with van der Waals surface area (Å²) in [6.45, 7) is 9.83. The Morgan fingerprint density at radius 3 is 2.30 bits per heavy atom. The van der Waals surface area contributed by atoms with Crippen LogP contribution in [0.15, 0.2) is 12.4 Å². The summed E-state index contributed by atoms with van der Waals surface area (Å²) >= 11 is 0. The van der Waals surface area contributed by atoms with Crippen molar-refractivity contribution < 1.29 is 9.90 Å². The van der Waals surface area contributed by atoms with Gasteiger partial charge in [0.1, 0.15) is 5.82 Å². The van der Waals surface area contributed by atoms with Crippen molar-refractivity contribution in [2.45, 2.75) is 46.1 Å². The Morgan fingerprint density at radius 1 is 1.30 bits per heavy atom. The molecule has 0 bridgehead atoms. The van der Waals surface area contributed by atoms with Crippen LogP contribution >= 0.6 is 0 Å². The highest BCUT2D eigenvalue weighted by atomic mass is 16.3. The predicted molar refractivity (Wildman–Crippen MR) is 78.6 cm³/mol. The first kappa shape index (κ1) is 16.4. The van der Waals surface area contributed by atoms with Crippen LogP contribution < -0.4 is 10.6 Å². The van der Waals surface area contributed by atoms with E-state index in [9.17, 15) is 4.79 Å². The number of hydrogen-bond acceptors (Lipinski definition) is 4. The molecule has 1 aromatic heterocycles. The third-order valence-electron chi connectivity index (χ3n) is 3.08. The van der Waals surface area contributed by atoms with Crippen molar-refractivity contribution in [1.82, 2.24) is 15.3 Å². The summed E-state index contributed by atoms with van der Waals surface area (Å²) in [5.41, 5.74) is 0.422. The minimum atomic E-state index is -0.329. The highest BCUT2D eigenvalue weighted by molar-refractivity contribution is 5.89. The summed E-state index contributed by atoms with van der Waals surface area (Å²) in [6, 6.07) is -0.445. The summed E-state index contributed by atoms with van der Waals surface area (Å²) in [5.74, 6) is 0.728. The van der Waals surface area contributed by atoms with Crippen molar-refractivity contribution in [3.63, 3.8) is 0 Å². The first-order valence-corrected chi connectivity index (χ1v) is 6.75. The zero-order valence-electron chi connectivity index (χ0n) is 12.8. The second-order valence-electron chi connectivity index (χ2n) is 6.09. The highest BCUT2D eigenvalue weighted by Crippen LogP contribution is 2.18. The van der Waals surface area contributed by atoms with E-state index in [4.69, 9.17) is 5.11 Å². The number of amides is 2. The zero-order chi connectivity index (χ0) is 15.3. The van der Waals surface area contributed by atoms with Crippen LogP contribution in [0.4, 0.5) is 10.5 Å². The Hall–Kier alpha value is -1.69. The zero-order valence-corrected chi connectivity index (χ0v) is 12.8. The monoisotopic (exact) mass is 280 g/mol. The fourth-order valence-electron chi connectivity index (χ4n) is 1.45. The second-order valence-corrected chi connectivity index (χ2v) is 6.09.